The average Bonchev–Trinajstić information content (AvgIpc) is 3.18. The molecule has 0 saturated heterocycles. The summed E-state index contributed by atoms with van der Waals surface area (Å²) in [6.45, 7) is 1.88. The summed E-state index contributed by atoms with van der Waals surface area (Å²) < 4.78 is 7.15. The second kappa shape index (κ2) is 7.98. The van der Waals surface area contributed by atoms with E-state index in [4.69, 9.17) is 4.42 Å². The number of aryl methyl sites for hydroxylation is 2. The van der Waals surface area contributed by atoms with Crippen molar-refractivity contribution >= 4 is 23.7 Å². The van der Waals surface area contributed by atoms with Gasteiger partial charge in [0.05, 0.1) is 5.69 Å². The van der Waals surface area contributed by atoms with Crippen molar-refractivity contribution in [1.82, 2.24) is 20.0 Å². The first-order valence-corrected chi connectivity index (χ1v) is 8.92. The second-order valence-corrected chi connectivity index (χ2v) is 6.69. The number of benzene rings is 1. The number of carbonyl (C=O) groups is 1. The predicted molar refractivity (Wildman–Crippen MR) is 96.3 cm³/mol. The second-order valence-electron chi connectivity index (χ2n) is 5.52. The molecule has 0 bridgehead atoms. The lowest BCUT2D eigenvalue weighted by Gasteiger charge is -2.02. The molecule has 1 aromatic carbocycles. The first-order chi connectivity index (χ1) is 12.1. The van der Waals surface area contributed by atoms with Crippen LogP contribution in [0.3, 0.4) is 0 Å². The largest absolute Gasteiger partial charge is 0.401 e. The minimum Gasteiger partial charge on any atom is -0.401 e. The molecule has 7 nitrogen and oxygen atoms in total. The average molecular weight is 357 g/mol. The summed E-state index contributed by atoms with van der Waals surface area (Å²) >= 11 is 1.73. The van der Waals surface area contributed by atoms with Crippen molar-refractivity contribution in [2.24, 2.45) is 7.05 Å². The molecule has 0 aliphatic heterocycles. The van der Waals surface area contributed by atoms with E-state index in [2.05, 4.69) is 32.7 Å². The Hall–Kier alpha value is -2.61. The van der Waals surface area contributed by atoms with Crippen molar-refractivity contribution in [3.63, 3.8) is 0 Å². The maximum absolute atomic E-state index is 12.0. The van der Waals surface area contributed by atoms with Gasteiger partial charge >= 0.3 is 6.01 Å². The van der Waals surface area contributed by atoms with Crippen LogP contribution in [-0.4, -0.2) is 31.6 Å². The molecule has 0 aliphatic rings. The van der Waals surface area contributed by atoms with Gasteiger partial charge in [-0.15, -0.1) is 16.9 Å². The first-order valence-electron chi connectivity index (χ1n) is 7.94. The lowest BCUT2D eigenvalue weighted by atomic mass is 10.3. The molecule has 1 amide bonds. The van der Waals surface area contributed by atoms with Crippen molar-refractivity contribution in [2.75, 3.05) is 11.1 Å². The molecule has 3 aromatic rings. The minimum absolute atomic E-state index is 0.106. The molecule has 0 atom stereocenters. The number of amides is 1. The monoisotopic (exact) mass is 357 g/mol. The van der Waals surface area contributed by atoms with Gasteiger partial charge in [0, 0.05) is 18.4 Å². The van der Waals surface area contributed by atoms with E-state index in [0.717, 1.165) is 17.9 Å². The summed E-state index contributed by atoms with van der Waals surface area (Å²) in [5.41, 5.74) is 1.57. The number of thioether (sulfide) groups is 1. The smallest absolute Gasteiger partial charge is 0.322 e. The van der Waals surface area contributed by atoms with Gasteiger partial charge in [0.1, 0.15) is 5.69 Å². The van der Waals surface area contributed by atoms with Gasteiger partial charge in [-0.25, -0.2) is 0 Å². The van der Waals surface area contributed by atoms with Crippen LogP contribution in [0.15, 0.2) is 45.7 Å². The SMILES string of the molecule is Cc1cc(-c2nnc(NC(=O)CCCSc3ccccc3)o2)n(C)n1. The van der Waals surface area contributed by atoms with Crippen LogP contribution in [0.1, 0.15) is 18.5 Å². The van der Waals surface area contributed by atoms with Gasteiger partial charge in [-0.1, -0.05) is 23.3 Å². The van der Waals surface area contributed by atoms with Gasteiger partial charge < -0.3 is 4.42 Å². The van der Waals surface area contributed by atoms with Crippen LogP contribution < -0.4 is 5.32 Å². The third-order valence-electron chi connectivity index (χ3n) is 3.45. The Labute approximate surface area is 149 Å². The molecule has 8 heteroatoms. The lowest BCUT2D eigenvalue weighted by Crippen LogP contribution is -2.11. The molecule has 0 saturated carbocycles. The third-order valence-corrected chi connectivity index (χ3v) is 4.55. The highest BCUT2D eigenvalue weighted by Gasteiger charge is 2.14. The van der Waals surface area contributed by atoms with Gasteiger partial charge in [0.2, 0.25) is 5.91 Å². The molecule has 130 valence electrons. The molecule has 2 heterocycles. The fourth-order valence-corrected chi connectivity index (χ4v) is 3.18. The first kappa shape index (κ1) is 17.2. The highest BCUT2D eigenvalue weighted by molar-refractivity contribution is 7.99. The van der Waals surface area contributed by atoms with Crippen molar-refractivity contribution in [3.8, 4) is 11.6 Å². The molecular formula is C17H19N5O2S. The topological polar surface area (TPSA) is 85.8 Å². The van der Waals surface area contributed by atoms with Crippen molar-refractivity contribution < 1.29 is 9.21 Å². The molecule has 2 aromatic heterocycles. The van der Waals surface area contributed by atoms with Crippen LogP contribution in [0.4, 0.5) is 6.01 Å². The maximum atomic E-state index is 12.0. The molecule has 3 rings (SSSR count). The molecule has 0 aliphatic carbocycles. The summed E-state index contributed by atoms with van der Waals surface area (Å²) in [6.07, 6.45) is 1.18. The predicted octanol–water partition coefficient (Wildman–Crippen LogP) is 3.29. The molecule has 25 heavy (non-hydrogen) atoms. The summed E-state index contributed by atoms with van der Waals surface area (Å²) in [4.78, 5) is 13.2. The molecule has 1 N–H and O–H groups in total. The number of nitrogens with one attached hydrogen (secondary N) is 1. The molecular weight excluding hydrogens is 338 g/mol. The number of aromatic nitrogens is 4. The Morgan fingerprint density at radius 2 is 2.08 bits per heavy atom. The Balaban J connectivity index is 1.46. The van der Waals surface area contributed by atoms with Crippen LogP contribution in [-0.2, 0) is 11.8 Å². The molecule has 0 radical (unpaired) electrons. The molecule has 0 spiro atoms. The van der Waals surface area contributed by atoms with E-state index in [1.165, 1.54) is 4.90 Å². The van der Waals surface area contributed by atoms with Gasteiger partial charge in [-0.3, -0.25) is 14.8 Å². The van der Waals surface area contributed by atoms with Crippen LogP contribution in [0.2, 0.25) is 0 Å². The standard InChI is InChI=1S/C17H19N5O2S/c1-12-11-14(22(2)21-12)16-19-20-17(24-16)18-15(23)9-6-10-25-13-7-4-3-5-8-13/h3-5,7-8,11H,6,9-10H2,1-2H3,(H,18,20,23). The molecule has 0 fully saturated rings. The summed E-state index contributed by atoms with van der Waals surface area (Å²) in [6, 6.07) is 12.1. The zero-order chi connectivity index (χ0) is 17.6. The molecule has 0 unspecified atom stereocenters. The van der Waals surface area contributed by atoms with Gasteiger partial charge in [0.25, 0.3) is 5.89 Å². The maximum Gasteiger partial charge on any atom is 0.322 e. The van der Waals surface area contributed by atoms with E-state index < -0.39 is 0 Å². The number of anilines is 1. The van der Waals surface area contributed by atoms with E-state index in [9.17, 15) is 4.79 Å². The quantitative estimate of drug-likeness (QED) is 0.516. The van der Waals surface area contributed by atoms with E-state index in [1.54, 1.807) is 23.5 Å². The fourth-order valence-electron chi connectivity index (χ4n) is 2.31. The number of nitrogens with zero attached hydrogens (tertiary/aromatic N) is 4. The van der Waals surface area contributed by atoms with Crippen LogP contribution in [0.5, 0.6) is 0 Å². The highest BCUT2D eigenvalue weighted by atomic mass is 32.2. The van der Waals surface area contributed by atoms with Crippen LogP contribution in [0, 0.1) is 6.92 Å². The number of hydrogen-bond donors (Lipinski definition) is 1. The van der Waals surface area contributed by atoms with Crippen LogP contribution >= 0.6 is 11.8 Å². The summed E-state index contributed by atoms with van der Waals surface area (Å²) in [5.74, 6) is 1.07. The number of rotatable bonds is 7. The highest BCUT2D eigenvalue weighted by Crippen LogP contribution is 2.21. The van der Waals surface area contributed by atoms with E-state index >= 15 is 0 Å². The van der Waals surface area contributed by atoms with Gasteiger partial charge in [-0.05, 0) is 37.3 Å². The minimum atomic E-state index is -0.134. The van der Waals surface area contributed by atoms with Crippen molar-refractivity contribution in [3.05, 3.63) is 42.1 Å². The van der Waals surface area contributed by atoms with E-state index in [1.807, 2.05) is 31.2 Å². The summed E-state index contributed by atoms with van der Waals surface area (Å²) in [7, 11) is 1.80. The van der Waals surface area contributed by atoms with Crippen molar-refractivity contribution in [1.29, 1.82) is 0 Å². The normalized spacial score (nSPS) is 10.8. The zero-order valence-electron chi connectivity index (χ0n) is 14.1. The van der Waals surface area contributed by atoms with Gasteiger partial charge in [-0.2, -0.15) is 5.10 Å². The van der Waals surface area contributed by atoms with E-state index in [-0.39, 0.29) is 11.9 Å². The number of carbonyl (C=O) groups excluding carboxylic acids is 1. The number of hydrogen-bond acceptors (Lipinski definition) is 6. The zero-order valence-corrected chi connectivity index (χ0v) is 14.9. The Bertz CT molecular complexity index is 844. The summed E-state index contributed by atoms with van der Waals surface area (Å²) in [5, 5.41) is 14.7. The Morgan fingerprint density at radius 3 is 2.80 bits per heavy atom. The lowest BCUT2D eigenvalue weighted by molar-refractivity contribution is -0.116. The third kappa shape index (κ3) is 4.69. The van der Waals surface area contributed by atoms with Crippen molar-refractivity contribution in [2.45, 2.75) is 24.7 Å². The van der Waals surface area contributed by atoms with Gasteiger partial charge in [0.15, 0.2) is 0 Å². The Morgan fingerprint density at radius 1 is 1.28 bits per heavy atom. The van der Waals surface area contributed by atoms with Crippen LogP contribution in [0.25, 0.3) is 11.6 Å². The Kier molecular flexibility index (Phi) is 5.49. The fraction of sp³-hybridized carbons (Fsp3) is 0.294. The van der Waals surface area contributed by atoms with E-state index in [0.29, 0.717) is 18.0 Å².